The Balaban J connectivity index is 0.000000292. The summed E-state index contributed by atoms with van der Waals surface area (Å²) in [5.41, 5.74) is 4.06. The molecule has 0 saturated carbocycles. The molecule has 1 aromatic carbocycles. The van der Waals surface area contributed by atoms with E-state index in [4.69, 9.17) is 5.11 Å². The fraction of sp³-hybridized carbons (Fsp3) is 0.538. The molecule has 0 aromatic heterocycles. The standard InChI is InChI=1S/C9H12.C4H10O/c1-7-4-8(2)6-9(3)5-7;1-2-3-4-5/h4-6H,1-3H3;5H,2-4H2,1H3. The second-order valence-electron chi connectivity index (χ2n) is 3.74. The fourth-order valence-corrected chi connectivity index (χ4v) is 1.36. The Labute approximate surface area is 87.8 Å². The van der Waals surface area contributed by atoms with Crippen LogP contribution in [0.15, 0.2) is 18.2 Å². The molecule has 1 heteroatoms. The molecule has 14 heavy (non-hydrogen) atoms. The van der Waals surface area contributed by atoms with Crippen molar-refractivity contribution in [2.75, 3.05) is 6.61 Å². The van der Waals surface area contributed by atoms with Gasteiger partial charge in [0.1, 0.15) is 0 Å². The van der Waals surface area contributed by atoms with Crippen LogP contribution in [0.3, 0.4) is 0 Å². The summed E-state index contributed by atoms with van der Waals surface area (Å²) in [7, 11) is 0. The SMILES string of the molecule is CCCCO.Cc1cc(C)cc(C)c1. The van der Waals surface area contributed by atoms with Gasteiger partial charge in [0.05, 0.1) is 0 Å². The molecule has 0 saturated heterocycles. The van der Waals surface area contributed by atoms with Gasteiger partial charge in [0.15, 0.2) is 0 Å². The van der Waals surface area contributed by atoms with Gasteiger partial charge >= 0.3 is 0 Å². The molecule has 1 N–H and O–H groups in total. The Morgan fingerprint density at radius 3 is 1.43 bits per heavy atom. The van der Waals surface area contributed by atoms with Gasteiger partial charge in [0.25, 0.3) is 0 Å². The first kappa shape index (κ1) is 13.2. The number of benzene rings is 1. The molecule has 0 radical (unpaired) electrons. The summed E-state index contributed by atoms with van der Waals surface area (Å²) in [6, 6.07) is 6.56. The van der Waals surface area contributed by atoms with E-state index in [0.717, 1.165) is 12.8 Å². The van der Waals surface area contributed by atoms with Crippen molar-refractivity contribution in [1.82, 2.24) is 0 Å². The van der Waals surface area contributed by atoms with Gasteiger partial charge in [-0.2, -0.15) is 0 Å². The van der Waals surface area contributed by atoms with Crippen LogP contribution in [0.4, 0.5) is 0 Å². The minimum absolute atomic E-state index is 0.344. The van der Waals surface area contributed by atoms with Crippen molar-refractivity contribution in [2.24, 2.45) is 0 Å². The Morgan fingerprint density at radius 2 is 1.29 bits per heavy atom. The molecule has 0 aliphatic carbocycles. The van der Waals surface area contributed by atoms with Crippen LogP contribution < -0.4 is 0 Å². The molecule has 0 aliphatic heterocycles. The smallest absolute Gasteiger partial charge is 0.0430 e. The van der Waals surface area contributed by atoms with Gasteiger partial charge in [-0.05, 0) is 27.2 Å². The van der Waals surface area contributed by atoms with E-state index in [-0.39, 0.29) is 0 Å². The van der Waals surface area contributed by atoms with Crippen LogP contribution in [-0.4, -0.2) is 11.7 Å². The topological polar surface area (TPSA) is 20.2 Å². The largest absolute Gasteiger partial charge is 0.396 e. The number of aliphatic hydroxyl groups is 1. The molecule has 80 valence electrons. The molecule has 0 atom stereocenters. The predicted molar refractivity (Wildman–Crippen MR) is 62.6 cm³/mol. The monoisotopic (exact) mass is 194 g/mol. The average molecular weight is 194 g/mol. The molecule has 1 rings (SSSR count). The van der Waals surface area contributed by atoms with Crippen LogP contribution in [0, 0.1) is 20.8 Å². The molecule has 0 aliphatic rings. The minimum atomic E-state index is 0.344. The van der Waals surface area contributed by atoms with Crippen molar-refractivity contribution in [1.29, 1.82) is 0 Å². The number of hydrogen-bond acceptors (Lipinski definition) is 1. The predicted octanol–water partition coefficient (Wildman–Crippen LogP) is 3.39. The van der Waals surface area contributed by atoms with E-state index in [1.807, 2.05) is 0 Å². The number of rotatable bonds is 2. The highest BCUT2D eigenvalue weighted by molar-refractivity contribution is 5.27. The molecule has 0 heterocycles. The quantitative estimate of drug-likeness (QED) is 0.765. The van der Waals surface area contributed by atoms with E-state index >= 15 is 0 Å². The molecule has 0 fully saturated rings. The third-order valence-corrected chi connectivity index (χ3v) is 1.88. The van der Waals surface area contributed by atoms with Crippen molar-refractivity contribution < 1.29 is 5.11 Å². The van der Waals surface area contributed by atoms with Crippen LogP contribution in [-0.2, 0) is 0 Å². The van der Waals surface area contributed by atoms with E-state index in [1.165, 1.54) is 16.7 Å². The number of hydrogen-bond donors (Lipinski definition) is 1. The molecular weight excluding hydrogens is 172 g/mol. The van der Waals surface area contributed by atoms with E-state index < -0.39 is 0 Å². The van der Waals surface area contributed by atoms with E-state index in [2.05, 4.69) is 45.9 Å². The first-order chi connectivity index (χ1) is 6.60. The maximum absolute atomic E-state index is 8.07. The first-order valence-electron chi connectivity index (χ1n) is 5.26. The van der Waals surface area contributed by atoms with Crippen LogP contribution >= 0.6 is 0 Å². The Hall–Kier alpha value is -0.820. The van der Waals surface area contributed by atoms with E-state index in [1.54, 1.807) is 0 Å². The summed E-state index contributed by atoms with van der Waals surface area (Å²) in [6.07, 6.45) is 2.04. The molecule has 0 bridgehead atoms. The zero-order valence-corrected chi connectivity index (χ0v) is 9.80. The average Bonchev–Trinajstić information content (AvgIpc) is 2.03. The summed E-state index contributed by atoms with van der Waals surface area (Å²) in [4.78, 5) is 0. The highest BCUT2D eigenvalue weighted by Crippen LogP contribution is 2.06. The van der Waals surface area contributed by atoms with Crippen molar-refractivity contribution in [3.8, 4) is 0 Å². The molecule has 0 amide bonds. The zero-order chi connectivity index (χ0) is 11.0. The maximum atomic E-state index is 8.07. The summed E-state index contributed by atoms with van der Waals surface area (Å²) < 4.78 is 0. The third kappa shape index (κ3) is 6.67. The van der Waals surface area contributed by atoms with Gasteiger partial charge < -0.3 is 5.11 Å². The summed E-state index contributed by atoms with van der Waals surface area (Å²) in [6.45, 7) is 8.77. The van der Waals surface area contributed by atoms with Gasteiger partial charge in [-0.15, -0.1) is 0 Å². The van der Waals surface area contributed by atoms with Crippen molar-refractivity contribution >= 4 is 0 Å². The Kier molecular flexibility index (Phi) is 7.13. The summed E-state index contributed by atoms with van der Waals surface area (Å²) in [5, 5.41) is 8.07. The lowest BCUT2D eigenvalue weighted by molar-refractivity contribution is 0.287. The highest BCUT2D eigenvalue weighted by atomic mass is 16.2. The maximum Gasteiger partial charge on any atom is 0.0430 e. The normalized spacial score (nSPS) is 9.21. The number of aliphatic hydroxyl groups excluding tert-OH is 1. The van der Waals surface area contributed by atoms with Crippen LogP contribution in [0.2, 0.25) is 0 Å². The zero-order valence-electron chi connectivity index (χ0n) is 9.80. The van der Waals surface area contributed by atoms with Crippen molar-refractivity contribution in [2.45, 2.75) is 40.5 Å². The fourth-order valence-electron chi connectivity index (χ4n) is 1.36. The van der Waals surface area contributed by atoms with Gasteiger partial charge in [-0.1, -0.05) is 48.2 Å². The van der Waals surface area contributed by atoms with Gasteiger partial charge in [-0.25, -0.2) is 0 Å². The van der Waals surface area contributed by atoms with Crippen LogP contribution in [0.5, 0.6) is 0 Å². The first-order valence-corrected chi connectivity index (χ1v) is 5.26. The molecule has 0 spiro atoms. The third-order valence-electron chi connectivity index (χ3n) is 1.88. The van der Waals surface area contributed by atoms with Gasteiger partial charge in [0.2, 0.25) is 0 Å². The van der Waals surface area contributed by atoms with E-state index in [0.29, 0.717) is 6.61 Å². The second-order valence-corrected chi connectivity index (χ2v) is 3.74. The van der Waals surface area contributed by atoms with Gasteiger partial charge in [-0.3, -0.25) is 0 Å². The van der Waals surface area contributed by atoms with Crippen LogP contribution in [0.25, 0.3) is 0 Å². The molecular formula is C13H22O. The Morgan fingerprint density at radius 1 is 0.929 bits per heavy atom. The lowest BCUT2D eigenvalue weighted by Gasteiger charge is -1.96. The highest BCUT2D eigenvalue weighted by Gasteiger charge is 1.87. The Bertz CT molecular complexity index is 201. The van der Waals surface area contributed by atoms with Gasteiger partial charge in [0, 0.05) is 6.61 Å². The lowest BCUT2D eigenvalue weighted by atomic mass is 10.1. The molecule has 1 aromatic rings. The molecule has 0 unspecified atom stereocenters. The lowest BCUT2D eigenvalue weighted by Crippen LogP contribution is -1.78. The minimum Gasteiger partial charge on any atom is -0.396 e. The van der Waals surface area contributed by atoms with E-state index in [9.17, 15) is 0 Å². The summed E-state index contributed by atoms with van der Waals surface area (Å²) >= 11 is 0. The number of unbranched alkanes of at least 4 members (excludes halogenated alkanes) is 1. The molecule has 1 nitrogen and oxygen atoms in total. The van der Waals surface area contributed by atoms with Crippen molar-refractivity contribution in [3.63, 3.8) is 0 Å². The second kappa shape index (κ2) is 7.57. The van der Waals surface area contributed by atoms with Crippen LogP contribution in [0.1, 0.15) is 36.5 Å². The van der Waals surface area contributed by atoms with Crippen molar-refractivity contribution in [3.05, 3.63) is 34.9 Å². The number of aryl methyl sites for hydroxylation is 3. The summed E-state index contributed by atoms with van der Waals surface area (Å²) in [5.74, 6) is 0.